The van der Waals surface area contributed by atoms with Gasteiger partial charge in [-0.3, -0.25) is 0 Å². The Morgan fingerprint density at radius 1 is 1.44 bits per heavy atom. The van der Waals surface area contributed by atoms with Crippen LogP contribution in [0.4, 0.5) is 4.39 Å². The number of benzene rings is 1. The number of oxime groups is 1. The Labute approximate surface area is 91.8 Å². The monoisotopic (exact) mass is 221 g/mol. The van der Waals surface area contributed by atoms with Crippen molar-refractivity contribution in [1.82, 2.24) is 4.57 Å². The van der Waals surface area contributed by atoms with E-state index in [0.717, 1.165) is 10.9 Å². The zero-order valence-corrected chi connectivity index (χ0v) is 8.60. The average Bonchev–Trinajstić information content (AvgIpc) is 2.72. The second-order valence-electron chi connectivity index (χ2n) is 3.42. The third-order valence-electron chi connectivity index (χ3n) is 2.52. The lowest BCUT2D eigenvalue weighted by Crippen LogP contribution is -2.13. The van der Waals surface area contributed by atoms with E-state index in [-0.39, 0.29) is 5.84 Å². The van der Waals surface area contributed by atoms with Gasteiger partial charge in [0.15, 0.2) is 5.84 Å². The number of amidine groups is 1. The van der Waals surface area contributed by atoms with Crippen molar-refractivity contribution in [2.24, 2.45) is 10.9 Å². The Balaban J connectivity index is 2.62. The minimum absolute atomic E-state index is 0.0589. The van der Waals surface area contributed by atoms with E-state index in [9.17, 15) is 4.39 Å². The van der Waals surface area contributed by atoms with Crippen LogP contribution in [0.2, 0.25) is 0 Å². The normalized spacial score (nSPS) is 12.2. The van der Waals surface area contributed by atoms with Gasteiger partial charge in [0.05, 0.1) is 6.54 Å². The highest BCUT2D eigenvalue weighted by Gasteiger charge is 2.08. The highest BCUT2D eigenvalue weighted by atomic mass is 19.1. The maximum Gasteiger partial charge on any atom is 0.170 e. The fraction of sp³-hybridized carbons (Fsp3) is 0.182. The van der Waals surface area contributed by atoms with Gasteiger partial charge in [0.1, 0.15) is 6.67 Å². The molecule has 0 fully saturated rings. The first kappa shape index (κ1) is 10.5. The Kier molecular flexibility index (Phi) is 2.76. The minimum atomic E-state index is -0.419. The molecule has 3 N–H and O–H groups in total. The van der Waals surface area contributed by atoms with Gasteiger partial charge in [-0.25, -0.2) is 4.39 Å². The summed E-state index contributed by atoms with van der Waals surface area (Å²) in [6, 6.07) is 7.26. The molecule has 1 heterocycles. The summed E-state index contributed by atoms with van der Waals surface area (Å²) in [5, 5.41) is 12.5. The largest absolute Gasteiger partial charge is 0.409 e. The van der Waals surface area contributed by atoms with Crippen LogP contribution in [0.3, 0.4) is 0 Å². The molecule has 0 saturated carbocycles. The average molecular weight is 221 g/mol. The SMILES string of the molecule is N/C(=N/O)c1cccc2c1ccn2CCF. The van der Waals surface area contributed by atoms with Crippen LogP contribution < -0.4 is 5.73 Å². The number of alkyl halides is 1. The quantitative estimate of drug-likeness (QED) is 0.358. The first-order valence-corrected chi connectivity index (χ1v) is 4.89. The van der Waals surface area contributed by atoms with Crippen molar-refractivity contribution in [2.45, 2.75) is 6.54 Å². The molecule has 0 atom stereocenters. The molecule has 2 rings (SSSR count). The zero-order valence-electron chi connectivity index (χ0n) is 8.60. The lowest BCUT2D eigenvalue weighted by Gasteiger charge is -2.04. The van der Waals surface area contributed by atoms with E-state index in [2.05, 4.69) is 5.16 Å². The molecule has 1 aromatic heterocycles. The number of fused-ring (bicyclic) bond motifs is 1. The van der Waals surface area contributed by atoms with Crippen LogP contribution in [0.25, 0.3) is 10.9 Å². The summed E-state index contributed by atoms with van der Waals surface area (Å²) in [6.07, 6.45) is 1.79. The number of rotatable bonds is 3. The maximum atomic E-state index is 12.3. The van der Waals surface area contributed by atoms with Gasteiger partial charge >= 0.3 is 0 Å². The standard InChI is InChI=1S/C11H12FN3O/c12-5-7-15-6-4-8-9(11(13)14-16)2-1-3-10(8)15/h1-4,6,16H,5,7H2,(H2,13,14). The first-order valence-electron chi connectivity index (χ1n) is 4.89. The predicted octanol–water partition coefficient (Wildman–Crippen LogP) is 1.71. The van der Waals surface area contributed by atoms with E-state index >= 15 is 0 Å². The Bertz CT molecular complexity index is 533. The summed E-state index contributed by atoms with van der Waals surface area (Å²) in [7, 11) is 0. The van der Waals surface area contributed by atoms with Crippen molar-refractivity contribution in [3.8, 4) is 0 Å². The summed E-state index contributed by atoms with van der Waals surface area (Å²) < 4.78 is 14.1. The number of nitrogens with zero attached hydrogens (tertiary/aromatic N) is 2. The Morgan fingerprint density at radius 3 is 2.94 bits per heavy atom. The van der Waals surface area contributed by atoms with Crippen LogP contribution in [0.5, 0.6) is 0 Å². The van der Waals surface area contributed by atoms with Crippen molar-refractivity contribution in [3.05, 3.63) is 36.0 Å². The summed E-state index contributed by atoms with van der Waals surface area (Å²) in [6.45, 7) is -0.110. The second kappa shape index (κ2) is 4.22. The lowest BCUT2D eigenvalue weighted by atomic mass is 10.1. The van der Waals surface area contributed by atoms with Crippen LogP contribution >= 0.6 is 0 Å². The van der Waals surface area contributed by atoms with Gasteiger partial charge in [0, 0.05) is 22.7 Å². The summed E-state index contributed by atoms with van der Waals surface area (Å²) in [5.74, 6) is 0.0589. The topological polar surface area (TPSA) is 63.5 Å². The number of nitrogens with two attached hydrogens (primary N) is 1. The molecule has 0 amide bonds. The molecule has 0 unspecified atom stereocenters. The number of aryl methyl sites for hydroxylation is 1. The molecule has 5 heteroatoms. The lowest BCUT2D eigenvalue weighted by molar-refractivity contribution is 0.318. The van der Waals surface area contributed by atoms with E-state index in [4.69, 9.17) is 10.9 Å². The van der Waals surface area contributed by atoms with Crippen molar-refractivity contribution in [1.29, 1.82) is 0 Å². The van der Waals surface area contributed by atoms with Crippen molar-refractivity contribution in [3.63, 3.8) is 0 Å². The van der Waals surface area contributed by atoms with Gasteiger partial charge in [0.25, 0.3) is 0 Å². The van der Waals surface area contributed by atoms with Crippen LogP contribution in [0, 0.1) is 0 Å². The second-order valence-corrected chi connectivity index (χ2v) is 3.42. The van der Waals surface area contributed by atoms with Gasteiger partial charge < -0.3 is 15.5 Å². The summed E-state index contributed by atoms with van der Waals surface area (Å²) in [5.41, 5.74) is 7.09. The zero-order chi connectivity index (χ0) is 11.5. The highest BCUT2D eigenvalue weighted by molar-refractivity contribution is 6.08. The van der Waals surface area contributed by atoms with Crippen molar-refractivity contribution < 1.29 is 9.60 Å². The van der Waals surface area contributed by atoms with Gasteiger partial charge in [-0.2, -0.15) is 0 Å². The number of hydrogen-bond acceptors (Lipinski definition) is 2. The summed E-state index contributed by atoms with van der Waals surface area (Å²) >= 11 is 0. The first-order chi connectivity index (χ1) is 7.77. The van der Waals surface area contributed by atoms with Crippen LogP contribution in [0.15, 0.2) is 35.6 Å². The fourth-order valence-corrected chi connectivity index (χ4v) is 1.79. The molecule has 0 radical (unpaired) electrons. The fourth-order valence-electron chi connectivity index (χ4n) is 1.79. The van der Waals surface area contributed by atoms with Gasteiger partial charge in [0.2, 0.25) is 0 Å². The molecule has 0 bridgehead atoms. The van der Waals surface area contributed by atoms with E-state index in [1.54, 1.807) is 22.9 Å². The van der Waals surface area contributed by atoms with E-state index in [1.165, 1.54) is 0 Å². The highest BCUT2D eigenvalue weighted by Crippen LogP contribution is 2.20. The third kappa shape index (κ3) is 1.60. The summed E-state index contributed by atoms with van der Waals surface area (Å²) in [4.78, 5) is 0. The van der Waals surface area contributed by atoms with Gasteiger partial charge in [-0.05, 0) is 12.1 Å². The van der Waals surface area contributed by atoms with Crippen LogP contribution in [-0.4, -0.2) is 22.3 Å². The molecule has 16 heavy (non-hydrogen) atoms. The van der Waals surface area contributed by atoms with E-state index < -0.39 is 6.67 Å². The molecular formula is C11H12FN3O. The molecule has 1 aromatic carbocycles. The Morgan fingerprint density at radius 2 is 2.25 bits per heavy atom. The van der Waals surface area contributed by atoms with Gasteiger partial charge in [-0.1, -0.05) is 17.3 Å². The third-order valence-corrected chi connectivity index (χ3v) is 2.52. The number of halogens is 1. The molecule has 0 aliphatic heterocycles. The molecule has 0 saturated heterocycles. The molecular weight excluding hydrogens is 209 g/mol. The molecule has 2 aromatic rings. The van der Waals surface area contributed by atoms with Gasteiger partial charge in [-0.15, -0.1) is 0 Å². The molecule has 0 aliphatic rings. The predicted molar refractivity (Wildman–Crippen MR) is 60.4 cm³/mol. The van der Waals surface area contributed by atoms with Crippen LogP contribution in [-0.2, 0) is 6.54 Å². The molecule has 0 aliphatic carbocycles. The number of aromatic nitrogens is 1. The Hall–Kier alpha value is -2.04. The number of hydrogen-bond donors (Lipinski definition) is 2. The smallest absolute Gasteiger partial charge is 0.170 e. The minimum Gasteiger partial charge on any atom is -0.409 e. The van der Waals surface area contributed by atoms with E-state index in [1.807, 2.05) is 12.1 Å². The van der Waals surface area contributed by atoms with Crippen molar-refractivity contribution >= 4 is 16.7 Å². The molecule has 84 valence electrons. The van der Waals surface area contributed by atoms with E-state index in [0.29, 0.717) is 12.1 Å². The maximum absolute atomic E-state index is 12.3. The molecule has 0 spiro atoms. The van der Waals surface area contributed by atoms with Crippen molar-refractivity contribution in [2.75, 3.05) is 6.67 Å². The molecule has 4 nitrogen and oxygen atoms in total. The van der Waals surface area contributed by atoms with Crippen LogP contribution in [0.1, 0.15) is 5.56 Å².